The first kappa shape index (κ1) is 11.9. The first-order valence-electron chi connectivity index (χ1n) is 4.76. The SMILES string of the molecule is C[C@H](NC[C@@H](C)O)c1ccc(I)cc1. The molecule has 0 aromatic heterocycles. The standard InChI is InChI=1S/C11H16INO/c1-8(14)7-13-9(2)10-3-5-11(12)6-4-10/h3-6,8-9,13-14H,7H2,1-2H3/t8-,9+/m1/s1. The van der Waals surface area contributed by atoms with Crippen molar-refractivity contribution in [1.82, 2.24) is 5.32 Å². The summed E-state index contributed by atoms with van der Waals surface area (Å²) in [6.07, 6.45) is -0.290. The summed E-state index contributed by atoms with van der Waals surface area (Å²) in [7, 11) is 0. The molecule has 2 atom stereocenters. The van der Waals surface area contributed by atoms with E-state index in [0.29, 0.717) is 12.6 Å². The predicted octanol–water partition coefficient (Wildman–Crippen LogP) is 2.32. The van der Waals surface area contributed by atoms with Gasteiger partial charge >= 0.3 is 0 Å². The summed E-state index contributed by atoms with van der Waals surface area (Å²) < 4.78 is 1.24. The lowest BCUT2D eigenvalue weighted by molar-refractivity contribution is 0.187. The van der Waals surface area contributed by atoms with Crippen LogP contribution in [0.5, 0.6) is 0 Å². The van der Waals surface area contributed by atoms with Crippen LogP contribution in [0.2, 0.25) is 0 Å². The maximum absolute atomic E-state index is 9.13. The first-order chi connectivity index (χ1) is 6.59. The van der Waals surface area contributed by atoms with E-state index < -0.39 is 0 Å². The minimum absolute atomic E-state index is 0.290. The number of hydrogen-bond acceptors (Lipinski definition) is 2. The van der Waals surface area contributed by atoms with Crippen molar-refractivity contribution in [2.45, 2.75) is 26.0 Å². The molecule has 2 nitrogen and oxygen atoms in total. The average molecular weight is 305 g/mol. The Hall–Kier alpha value is -0.130. The molecule has 0 heterocycles. The van der Waals surface area contributed by atoms with Crippen molar-refractivity contribution >= 4 is 22.6 Å². The lowest BCUT2D eigenvalue weighted by Crippen LogP contribution is -2.27. The fourth-order valence-corrected chi connectivity index (χ4v) is 1.58. The van der Waals surface area contributed by atoms with E-state index in [9.17, 15) is 0 Å². The van der Waals surface area contributed by atoms with Crippen LogP contribution in [0.4, 0.5) is 0 Å². The van der Waals surface area contributed by atoms with Crippen LogP contribution in [0.15, 0.2) is 24.3 Å². The topological polar surface area (TPSA) is 32.3 Å². The molecule has 78 valence electrons. The van der Waals surface area contributed by atoms with Gasteiger partial charge in [0, 0.05) is 16.2 Å². The number of halogens is 1. The smallest absolute Gasteiger partial charge is 0.0636 e. The molecule has 0 bridgehead atoms. The molecule has 3 heteroatoms. The van der Waals surface area contributed by atoms with E-state index in [0.717, 1.165) is 0 Å². The Morgan fingerprint density at radius 2 is 1.86 bits per heavy atom. The van der Waals surface area contributed by atoms with Gasteiger partial charge in [-0.05, 0) is 54.1 Å². The molecule has 14 heavy (non-hydrogen) atoms. The van der Waals surface area contributed by atoms with E-state index in [1.807, 2.05) is 0 Å². The molecule has 0 saturated heterocycles. The third-order valence-corrected chi connectivity index (χ3v) is 2.81. The highest BCUT2D eigenvalue weighted by Crippen LogP contribution is 2.14. The van der Waals surface area contributed by atoms with E-state index >= 15 is 0 Å². The molecule has 0 fully saturated rings. The molecule has 1 aromatic rings. The molecule has 0 spiro atoms. The number of rotatable bonds is 4. The Morgan fingerprint density at radius 3 is 2.36 bits per heavy atom. The van der Waals surface area contributed by atoms with Crippen LogP contribution in [-0.2, 0) is 0 Å². The zero-order chi connectivity index (χ0) is 10.6. The second kappa shape index (κ2) is 5.68. The molecule has 0 aliphatic heterocycles. The molecule has 0 unspecified atom stereocenters. The van der Waals surface area contributed by atoms with Crippen molar-refractivity contribution in [3.05, 3.63) is 33.4 Å². The van der Waals surface area contributed by atoms with Gasteiger partial charge in [-0.1, -0.05) is 12.1 Å². The molecule has 1 aromatic carbocycles. The van der Waals surface area contributed by atoms with Gasteiger partial charge in [-0.3, -0.25) is 0 Å². The Morgan fingerprint density at radius 1 is 1.29 bits per heavy atom. The fourth-order valence-electron chi connectivity index (χ4n) is 1.22. The molecular formula is C11H16INO. The Balaban J connectivity index is 2.52. The largest absolute Gasteiger partial charge is 0.392 e. The summed E-state index contributed by atoms with van der Waals surface area (Å²) in [6, 6.07) is 8.71. The lowest BCUT2D eigenvalue weighted by Gasteiger charge is -2.15. The van der Waals surface area contributed by atoms with Gasteiger partial charge in [0.05, 0.1) is 6.10 Å². The molecule has 0 amide bonds. The Kier molecular flexibility index (Phi) is 4.84. The van der Waals surface area contributed by atoms with Crippen molar-refractivity contribution in [3.63, 3.8) is 0 Å². The summed E-state index contributed by atoms with van der Waals surface area (Å²) in [5.74, 6) is 0. The third kappa shape index (κ3) is 3.94. The summed E-state index contributed by atoms with van der Waals surface area (Å²) in [5.41, 5.74) is 1.26. The molecule has 0 aliphatic rings. The van der Waals surface area contributed by atoms with Crippen LogP contribution in [0.25, 0.3) is 0 Å². The first-order valence-corrected chi connectivity index (χ1v) is 5.84. The predicted molar refractivity (Wildman–Crippen MR) is 67.3 cm³/mol. The van der Waals surface area contributed by atoms with E-state index in [1.165, 1.54) is 9.13 Å². The van der Waals surface area contributed by atoms with Gasteiger partial charge in [0.2, 0.25) is 0 Å². The lowest BCUT2D eigenvalue weighted by atomic mass is 10.1. The van der Waals surface area contributed by atoms with Gasteiger partial charge < -0.3 is 10.4 Å². The van der Waals surface area contributed by atoms with Gasteiger partial charge in [-0.25, -0.2) is 0 Å². The number of nitrogens with one attached hydrogen (secondary N) is 1. The van der Waals surface area contributed by atoms with Crippen molar-refractivity contribution in [3.8, 4) is 0 Å². The Labute approximate surface area is 98.9 Å². The maximum atomic E-state index is 9.13. The molecule has 0 radical (unpaired) electrons. The number of benzene rings is 1. The number of hydrogen-bond donors (Lipinski definition) is 2. The van der Waals surface area contributed by atoms with E-state index in [4.69, 9.17) is 5.11 Å². The molecule has 1 rings (SSSR count). The monoisotopic (exact) mass is 305 g/mol. The van der Waals surface area contributed by atoms with Crippen LogP contribution in [0.3, 0.4) is 0 Å². The summed E-state index contributed by atoms with van der Waals surface area (Å²) in [6.45, 7) is 4.52. The Bertz CT molecular complexity index is 271. The summed E-state index contributed by atoms with van der Waals surface area (Å²) in [4.78, 5) is 0. The van der Waals surface area contributed by atoms with Crippen molar-refractivity contribution in [1.29, 1.82) is 0 Å². The minimum atomic E-state index is -0.290. The van der Waals surface area contributed by atoms with Gasteiger partial charge in [0.15, 0.2) is 0 Å². The van der Waals surface area contributed by atoms with Crippen LogP contribution >= 0.6 is 22.6 Å². The minimum Gasteiger partial charge on any atom is -0.392 e. The average Bonchev–Trinajstić information content (AvgIpc) is 2.15. The zero-order valence-electron chi connectivity index (χ0n) is 8.50. The van der Waals surface area contributed by atoms with Crippen molar-refractivity contribution < 1.29 is 5.11 Å². The second-order valence-corrected chi connectivity index (χ2v) is 4.78. The molecule has 2 N–H and O–H groups in total. The second-order valence-electron chi connectivity index (χ2n) is 3.53. The number of aliphatic hydroxyl groups is 1. The van der Waals surface area contributed by atoms with E-state index in [2.05, 4.69) is 59.1 Å². The molecular weight excluding hydrogens is 289 g/mol. The van der Waals surface area contributed by atoms with Crippen LogP contribution in [-0.4, -0.2) is 17.8 Å². The van der Waals surface area contributed by atoms with Crippen LogP contribution in [0, 0.1) is 3.57 Å². The van der Waals surface area contributed by atoms with Gasteiger partial charge in [-0.15, -0.1) is 0 Å². The highest BCUT2D eigenvalue weighted by molar-refractivity contribution is 14.1. The third-order valence-electron chi connectivity index (χ3n) is 2.09. The van der Waals surface area contributed by atoms with E-state index in [-0.39, 0.29) is 6.10 Å². The normalized spacial score (nSPS) is 15.1. The van der Waals surface area contributed by atoms with Crippen LogP contribution in [0.1, 0.15) is 25.5 Å². The van der Waals surface area contributed by atoms with Gasteiger partial charge in [-0.2, -0.15) is 0 Å². The van der Waals surface area contributed by atoms with Crippen molar-refractivity contribution in [2.24, 2.45) is 0 Å². The summed E-state index contributed by atoms with van der Waals surface area (Å²) >= 11 is 2.29. The highest BCUT2D eigenvalue weighted by atomic mass is 127. The van der Waals surface area contributed by atoms with E-state index in [1.54, 1.807) is 6.92 Å². The van der Waals surface area contributed by atoms with Crippen LogP contribution < -0.4 is 5.32 Å². The van der Waals surface area contributed by atoms with Crippen molar-refractivity contribution in [2.75, 3.05) is 6.54 Å². The van der Waals surface area contributed by atoms with Gasteiger partial charge in [0.25, 0.3) is 0 Å². The highest BCUT2D eigenvalue weighted by Gasteiger charge is 2.05. The summed E-state index contributed by atoms with van der Waals surface area (Å²) in [5, 5.41) is 12.4. The fraction of sp³-hybridized carbons (Fsp3) is 0.455. The zero-order valence-corrected chi connectivity index (χ0v) is 10.7. The quantitative estimate of drug-likeness (QED) is 0.837. The maximum Gasteiger partial charge on any atom is 0.0636 e. The molecule has 0 saturated carbocycles. The molecule has 0 aliphatic carbocycles. The van der Waals surface area contributed by atoms with Gasteiger partial charge in [0.1, 0.15) is 0 Å². The number of aliphatic hydroxyl groups excluding tert-OH is 1.